The van der Waals surface area contributed by atoms with E-state index in [0.717, 1.165) is 43.5 Å². The zero-order chi connectivity index (χ0) is 105. The van der Waals surface area contributed by atoms with Crippen LogP contribution in [0.5, 0.6) is 0 Å². The molecule has 7 aliphatic rings. The minimum atomic E-state index is -2.74. The van der Waals surface area contributed by atoms with E-state index in [4.69, 9.17) is 30.6 Å². The standard InChI is InChI=1S/2C18H33N3.C18H32N2.C17H30N2.C16H27F2N3.C16H29N3.C16H28N2/c2*1-8-10-20-11-9-14(13-20)21-16(18(5,6)7)12-15(19-21)17(2,3)4;1-16(2,3)13-12-15(17(4,5)6)20(19-13)14-10-9-11-18(14,7)8;1-16(2,3)14-11-15(17(4,5)6)19(18-14)12-13-9-7-8-10-13;1-14(2,3)11-8-12(15(4,5)6)21(19-11)13-9-20(7)10-16(13,17)18;1-15(2,3)13-10-14(16(4,5)6)19(17-13)12-8-9-18(7)11-12;1-15(2,3)13-11-14(16(4,5)6)18(17-13)12-9-7-8-10-12/h2*12,14H,8-11,13H2,1-7H3;12,14H,9-11H2,1-8H3;11,13H,7-10,12H2,1-6H3;8,13H,9-10H2,1-7H3;10,12H,8-9,11H2,1-7H3;11-12H,7-10H2,1-6H3. The molecule has 4 saturated heterocycles. The maximum atomic E-state index is 14.3. The minimum Gasteiger partial charge on any atom is -0.304 e. The van der Waals surface area contributed by atoms with Gasteiger partial charge in [-0.3, -0.25) is 37.7 Å². The second-order valence-electron chi connectivity index (χ2n) is 58.9. The summed E-state index contributed by atoms with van der Waals surface area (Å²) in [4.78, 5) is 9.23. The highest BCUT2D eigenvalue weighted by atomic mass is 19.3. The smallest absolute Gasteiger partial charge is 0.283 e. The van der Waals surface area contributed by atoms with Gasteiger partial charge in [-0.05, 0) is 158 Å². The number of alkyl halides is 2. The van der Waals surface area contributed by atoms with Crippen molar-refractivity contribution in [2.75, 3.05) is 79.5 Å². The molecule has 5 unspecified atom stereocenters. The van der Waals surface area contributed by atoms with Crippen LogP contribution in [0.4, 0.5) is 8.78 Å². The van der Waals surface area contributed by atoms with Crippen molar-refractivity contribution in [1.29, 1.82) is 0 Å². The molecule has 20 heteroatoms. The van der Waals surface area contributed by atoms with E-state index in [1.165, 1.54) is 204 Å². The maximum absolute atomic E-state index is 14.3. The highest BCUT2D eigenvalue weighted by Gasteiger charge is 2.51. The molecule has 5 atom stereocenters. The van der Waals surface area contributed by atoms with Crippen LogP contribution in [0.1, 0.15) is 537 Å². The van der Waals surface area contributed by atoms with Crippen LogP contribution in [-0.2, 0) is 82.4 Å². The normalized spacial score (nSPS) is 21.3. The first kappa shape index (κ1) is 118. The Morgan fingerprint density at radius 1 is 0.281 bits per heavy atom. The molecule has 3 aliphatic carbocycles. The van der Waals surface area contributed by atoms with Crippen molar-refractivity contribution >= 4 is 0 Å². The van der Waals surface area contributed by atoms with Gasteiger partial charge in [-0.25, -0.2) is 8.78 Å². The van der Waals surface area contributed by atoms with Crippen molar-refractivity contribution in [3.8, 4) is 0 Å². The second-order valence-corrected chi connectivity index (χ2v) is 58.9. The SMILES string of the molecule is CC(C)(C)c1cc(C(C)(C)C)n(C2CCCC2(C)C)n1.CC(C)(C)c1cc(C(C)(C)C)n(C2CCCC2)n1.CC(C)(C)c1cc(C(C)(C)C)n(CC2CCCC2)n1.CCCN1CCC(n2nc(C(C)(C)C)cc2C(C)(C)C)C1.CCCN1CCC(n2nc(C(C)(C)C)cc2C(C)(C)C)C1.CN1CC(n2nc(C(C)(C)C)cc2C(C)(C)C)C(F)(F)C1.CN1CCC(n2nc(C(C)(C)C)cc2C(C)(C)C)C1. The van der Waals surface area contributed by atoms with Gasteiger partial charge in [-0.2, -0.15) is 35.7 Å². The third kappa shape index (κ3) is 31.8. The van der Waals surface area contributed by atoms with E-state index < -0.39 is 12.0 Å². The lowest BCUT2D eigenvalue weighted by atomic mass is 9.85. The molecule has 0 amide bonds. The van der Waals surface area contributed by atoms with Crippen LogP contribution in [0.2, 0.25) is 0 Å². The van der Waals surface area contributed by atoms with Crippen LogP contribution < -0.4 is 0 Å². The summed E-state index contributed by atoms with van der Waals surface area (Å²) in [6.45, 7) is 114. The van der Waals surface area contributed by atoms with Crippen molar-refractivity contribution in [3.05, 3.63) is 122 Å². The van der Waals surface area contributed by atoms with Crippen LogP contribution >= 0.6 is 0 Å². The summed E-state index contributed by atoms with van der Waals surface area (Å²) in [6, 6.07) is 17.9. The summed E-state index contributed by atoms with van der Waals surface area (Å²) in [5, 5.41) is 34.5. The van der Waals surface area contributed by atoms with Crippen LogP contribution in [0.3, 0.4) is 0 Å². The lowest BCUT2D eigenvalue weighted by molar-refractivity contribution is -0.0255. The van der Waals surface area contributed by atoms with E-state index in [9.17, 15) is 8.78 Å². The monoisotopic (exact) mass is 1930 g/mol. The van der Waals surface area contributed by atoms with Gasteiger partial charge in [0, 0.05) is 161 Å². The quantitative estimate of drug-likeness (QED) is 0.116. The Labute approximate surface area is 850 Å². The van der Waals surface area contributed by atoms with Gasteiger partial charge < -0.3 is 14.7 Å². The van der Waals surface area contributed by atoms with Gasteiger partial charge in [0.2, 0.25) is 0 Å². The molecule has 7 fully saturated rings. The molecule has 7 aromatic heterocycles. The number of rotatable bonds is 12. The van der Waals surface area contributed by atoms with E-state index in [1.807, 2.05) is 26.8 Å². The molecule has 139 heavy (non-hydrogen) atoms. The molecule has 4 aliphatic heterocycles. The number of hydrogen-bond donors (Lipinski definition) is 0. The van der Waals surface area contributed by atoms with Gasteiger partial charge in [0.25, 0.3) is 5.92 Å². The van der Waals surface area contributed by atoms with Gasteiger partial charge >= 0.3 is 0 Å². The average molecular weight is 1930 g/mol. The molecule has 0 spiro atoms. The Morgan fingerprint density at radius 2 is 0.547 bits per heavy atom. The summed E-state index contributed by atoms with van der Waals surface area (Å²) >= 11 is 0. The molecule has 7 aromatic rings. The van der Waals surface area contributed by atoms with Gasteiger partial charge in [-0.1, -0.05) is 351 Å². The van der Waals surface area contributed by atoms with Crippen molar-refractivity contribution in [3.63, 3.8) is 0 Å². The van der Waals surface area contributed by atoms with Gasteiger partial charge in [0.1, 0.15) is 6.04 Å². The molecule has 0 N–H and O–H groups in total. The predicted octanol–water partition coefficient (Wildman–Crippen LogP) is 29.7. The number of nitrogens with zero attached hydrogens (tertiary/aromatic N) is 18. The predicted molar refractivity (Wildman–Crippen MR) is 587 cm³/mol. The number of likely N-dealkylation sites (N-methyl/N-ethyl adjacent to an activating group) is 2. The second kappa shape index (κ2) is 44.1. The fourth-order valence-electron chi connectivity index (χ4n) is 20.8. The Morgan fingerprint density at radius 3 is 0.813 bits per heavy atom. The van der Waals surface area contributed by atoms with E-state index in [-0.39, 0.29) is 82.4 Å². The van der Waals surface area contributed by atoms with Crippen LogP contribution in [0.25, 0.3) is 0 Å². The number of hydrogen-bond acceptors (Lipinski definition) is 11. The Bertz CT molecular complexity index is 4890. The van der Waals surface area contributed by atoms with Crippen molar-refractivity contribution < 1.29 is 8.78 Å². The molecule has 0 radical (unpaired) electrons. The fourth-order valence-corrected chi connectivity index (χ4v) is 20.8. The fraction of sp³-hybridized carbons (Fsp3) is 0.824. The number of likely N-dealkylation sites (tertiary alicyclic amines) is 4. The molecule has 14 rings (SSSR count). The number of halogens is 2. The highest BCUT2D eigenvalue weighted by molar-refractivity contribution is 5.31. The topological polar surface area (TPSA) is 138 Å². The zero-order valence-corrected chi connectivity index (χ0v) is 99.0. The van der Waals surface area contributed by atoms with Crippen molar-refractivity contribution in [2.45, 2.75) is 546 Å². The first-order chi connectivity index (χ1) is 63.0. The maximum Gasteiger partial charge on any atom is 0.283 e. The summed E-state index contributed by atoms with van der Waals surface area (Å²) < 4.78 is 44.2. The summed E-state index contributed by atoms with van der Waals surface area (Å²) in [5.74, 6) is -1.90. The van der Waals surface area contributed by atoms with Crippen LogP contribution in [0, 0.1) is 11.3 Å². The Hall–Kier alpha value is -5.83. The number of aromatic nitrogens is 14. The summed E-state index contributed by atoms with van der Waals surface area (Å²) in [7, 11) is 3.93. The van der Waals surface area contributed by atoms with E-state index in [1.54, 1.807) is 16.6 Å². The summed E-state index contributed by atoms with van der Waals surface area (Å²) in [6.07, 6.45) is 21.0. The largest absolute Gasteiger partial charge is 0.304 e. The Balaban J connectivity index is 0.000000199. The zero-order valence-electron chi connectivity index (χ0n) is 99.0. The average Bonchev–Trinajstić information content (AvgIpc) is 1.60. The van der Waals surface area contributed by atoms with Crippen molar-refractivity contribution in [2.24, 2.45) is 11.3 Å². The molecule has 0 aromatic carbocycles. The first-order valence-electron chi connectivity index (χ1n) is 54.9. The molecule has 0 bridgehead atoms. The summed E-state index contributed by atoms with van der Waals surface area (Å²) in [5.41, 5.74) is 19.1. The lowest BCUT2D eigenvalue weighted by Crippen LogP contribution is -2.33. The molecule has 792 valence electrons. The molecular formula is C119H212F2N18. The molecule has 3 saturated carbocycles. The van der Waals surface area contributed by atoms with Gasteiger partial charge in [-0.15, -0.1) is 0 Å². The van der Waals surface area contributed by atoms with Crippen molar-refractivity contribution in [1.82, 2.24) is 88.1 Å². The first-order valence-corrected chi connectivity index (χ1v) is 54.9. The van der Waals surface area contributed by atoms with Gasteiger partial charge in [0.05, 0.1) is 76.6 Å². The van der Waals surface area contributed by atoms with Gasteiger partial charge in [0.15, 0.2) is 0 Å². The van der Waals surface area contributed by atoms with Crippen LogP contribution in [0.15, 0.2) is 42.5 Å². The van der Waals surface area contributed by atoms with E-state index >= 15 is 0 Å². The van der Waals surface area contributed by atoms with E-state index in [2.05, 4.69) is 389 Å². The molecule has 18 nitrogen and oxygen atoms in total. The van der Waals surface area contributed by atoms with Crippen LogP contribution in [-0.4, -0.2) is 174 Å². The molecule has 11 heterocycles. The Kier molecular flexibility index (Phi) is 37.5. The van der Waals surface area contributed by atoms with E-state index in [0.29, 0.717) is 42.2 Å². The third-order valence-corrected chi connectivity index (χ3v) is 29.8. The minimum absolute atomic E-state index is 0.118. The molecular weight excluding hydrogens is 1720 g/mol. The highest BCUT2D eigenvalue weighted by Crippen LogP contribution is 2.49. The third-order valence-electron chi connectivity index (χ3n) is 29.8. The lowest BCUT2D eigenvalue weighted by Gasteiger charge is -2.31.